The van der Waals surface area contributed by atoms with Crippen LogP contribution < -0.4 is 4.90 Å². The van der Waals surface area contributed by atoms with Crippen molar-refractivity contribution >= 4 is 46.7 Å². The molecule has 0 aliphatic carbocycles. The fourth-order valence-electron chi connectivity index (χ4n) is 2.27. The second-order valence-corrected chi connectivity index (χ2v) is 5.89. The van der Waals surface area contributed by atoms with Crippen LogP contribution in [-0.2, 0) is 0 Å². The molecule has 0 saturated heterocycles. The van der Waals surface area contributed by atoms with Crippen LogP contribution in [0.3, 0.4) is 0 Å². The van der Waals surface area contributed by atoms with E-state index < -0.39 is 4.92 Å². The molecule has 126 valence electrons. The van der Waals surface area contributed by atoms with Crippen molar-refractivity contribution in [3.8, 4) is 0 Å². The minimum atomic E-state index is -0.403. The highest BCUT2D eigenvalue weighted by atomic mass is 35.5. The van der Waals surface area contributed by atoms with E-state index in [-0.39, 0.29) is 5.69 Å². The Morgan fingerprint density at radius 3 is 1.75 bits per heavy atom. The van der Waals surface area contributed by atoms with Crippen LogP contribution >= 0.6 is 23.2 Å². The van der Waals surface area contributed by atoms with Crippen molar-refractivity contribution in [1.29, 1.82) is 0 Å². The average molecular weight is 365 g/mol. The van der Waals surface area contributed by atoms with E-state index in [0.29, 0.717) is 11.8 Å². The molecule has 0 aliphatic heterocycles. The number of nitro groups is 1. The first-order chi connectivity index (χ1) is 11.6. The highest BCUT2D eigenvalue weighted by molar-refractivity contribution is 6.18. The molecule has 2 aromatic carbocycles. The van der Waals surface area contributed by atoms with Gasteiger partial charge in [0.05, 0.1) is 4.92 Å². The van der Waals surface area contributed by atoms with Gasteiger partial charge in [0.2, 0.25) is 0 Å². The fourth-order valence-corrected chi connectivity index (χ4v) is 2.68. The van der Waals surface area contributed by atoms with Gasteiger partial charge in [0, 0.05) is 42.7 Å². The Morgan fingerprint density at radius 1 is 0.875 bits per heavy atom. The lowest BCUT2D eigenvalue weighted by Gasteiger charge is -2.22. The molecule has 0 amide bonds. The standard InChI is InChI=1S/C18H18Cl2N2O2/c19-11-13-21(14-12-20)17-7-3-15(4-8-17)1-2-16-5-9-18(10-6-16)22(23)24/h1-10H,11-14H2. The van der Waals surface area contributed by atoms with Gasteiger partial charge < -0.3 is 4.90 Å². The highest BCUT2D eigenvalue weighted by Gasteiger charge is 2.05. The van der Waals surface area contributed by atoms with Gasteiger partial charge in [-0.3, -0.25) is 10.1 Å². The van der Waals surface area contributed by atoms with Crippen LogP contribution in [0.5, 0.6) is 0 Å². The summed E-state index contributed by atoms with van der Waals surface area (Å²) >= 11 is 11.6. The van der Waals surface area contributed by atoms with E-state index in [1.807, 2.05) is 36.4 Å². The molecule has 2 aromatic rings. The van der Waals surface area contributed by atoms with Gasteiger partial charge in [0.15, 0.2) is 0 Å². The topological polar surface area (TPSA) is 46.4 Å². The van der Waals surface area contributed by atoms with Crippen LogP contribution in [0.15, 0.2) is 48.5 Å². The zero-order valence-corrected chi connectivity index (χ0v) is 14.6. The minimum Gasteiger partial charge on any atom is -0.369 e. The second-order valence-electron chi connectivity index (χ2n) is 5.14. The Balaban J connectivity index is 2.06. The maximum absolute atomic E-state index is 10.6. The summed E-state index contributed by atoms with van der Waals surface area (Å²) in [5.74, 6) is 1.11. The van der Waals surface area contributed by atoms with Gasteiger partial charge in [0.25, 0.3) is 5.69 Å². The van der Waals surface area contributed by atoms with Gasteiger partial charge in [-0.05, 0) is 35.4 Å². The van der Waals surface area contributed by atoms with Crippen LogP contribution in [0.25, 0.3) is 12.2 Å². The predicted octanol–water partition coefficient (Wildman–Crippen LogP) is 5.05. The molecular weight excluding hydrogens is 347 g/mol. The van der Waals surface area contributed by atoms with Gasteiger partial charge in [-0.15, -0.1) is 23.2 Å². The Bertz CT molecular complexity index is 679. The van der Waals surface area contributed by atoms with Gasteiger partial charge in [-0.25, -0.2) is 0 Å². The lowest BCUT2D eigenvalue weighted by molar-refractivity contribution is -0.384. The van der Waals surface area contributed by atoms with Gasteiger partial charge in [0.1, 0.15) is 0 Å². The van der Waals surface area contributed by atoms with Crippen LogP contribution in [0.2, 0.25) is 0 Å². The van der Waals surface area contributed by atoms with Crippen molar-refractivity contribution in [2.75, 3.05) is 29.7 Å². The van der Waals surface area contributed by atoms with Crippen LogP contribution in [-0.4, -0.2) is 29.8 Å². The summed E-state index contributed by atoms with van der Waals surface area (Å²) in [6.07, 6.45) is 3.90. The summed E-state index contributed by atoms with van der Waals surface area (Å²) in [5.41, 5.74) is 3.14. The molecule has 0 N–H and O–H groups in total. The molecule has 0 bridgehead atoms. The molecule has 24 heavy (non-hydrogen) atoms. The first-order valence-corrected chi connectivity index (χ1v) is 8.60. The van der Waals surface area contributed by atoms with Crippen molar-refractivity contribution < 1.29 is 4.92 Å². The number of halogens is 2. The first-order valence-electron chi connectivity index (χ1n) is 7.53. The number of anilines is 1. The third-order valence-electron chi connectivity index (χ3n) is 3.54. The normalized spacial score (nSPS) is 10.9. The summed E-state index contributed by atoms with van der Waals surface area (Å²) in [6, 6.07) is 14.6. The number of alkyl halides is 2. The summed E-state index contributed by atoms with van der Waals surface area (Å²) in [4.78, 5) is 12.4. The fraction of sp³-hybridized carbons (Fsp3) is 0.222. The number of hydrogen-bond donors (Lipinski definition) is 0. The maximum Gasteiger partial charge on any atom is 0.269 e. The predicted molar refractivity (Wildman–Crippen MR) is 102 cm³/mol. The lowest BCUT2D eigenvalue weighted by Crippen LogP contribution is -2.27. The van der Waals surface area contributed by atoms with Gasteiger partial charge >= 0.3 is 0 Å². The molecule has 0 aliphatic rings. The number of benzene rings is 2. The summed E-state index contributed by atoms with van der Waals surface area (Å²) in [6.45, 7) is 1.51. The summed E-state index contributed by atoms with van der Waals surface area (Å²) < 4.78 is 0. The SMILES string of the molecule is O=[N+]([O-])c1ccc(C=Cc2ccc(N(CCCl)CCCl)cc2)cc1. The molecule has 0 spiro atoms. The van der Waals surface area contributed by atoms with Gasteiger partial charge in [-0.1, -0.05) is 24.3 Å². The quantitative estimate of drug-likeness (QED) is 0.285. The highest BCUT2D eigenvalue weighted by Crippen LogP contribution is 2.18. The Labute approximate surface area is 151 Å². The number of nitrogens with zero attached hydrogens (tertiary/aromatic N) is 2. The van der Waals surface area contributed by atoms with E-state index in [9.17, 15) is 10.1 Å². The van der Waals surface area contributed by atoms with Crippen LogP contribution in [0, 0.1) is 10.1 Å². The Morgan fingerprint density at radius 2 is 1.33 bits per heavy atom. The molecule has 0 aromatic heterocycles. The zero-order valence-electron chi connectivity index (χ0n) is 13.1. The van der Waals surface area contributed by atoms with Crippen molar-refractivity contribution in [2.45, 2.75) is 0 Å². The van der Waals surface area contributed by atoms with Crippen molar-refractivity contribution in [2.24, 2.45) is 0 Å². The third-order valence-corrected chi connectivity index (χ3v) is 3.88. The number of rotatable bonds is 8. The molecule has 0 atom stereocenters. The van der Waals surface area contributed by atoms with Gasteiger partial charge in [-0.2, -0.15) is 0 Å². The largest absolute Gasteiger partial charge is 0.369 e. The number of nitro benzene ring substituents is 1. The molecule has 0 saturated carbocycles. The van der Waals surface area contributed by atoms with Crippen LogP contribution in [0.1, 0.15) is 11.1 Å². The van der Waals surface area contributed by atoms with Crippen molar-refractivity contribution in [3.63, 3.8) is 0 Å². The Hall–Kier alpha value is -2.04. The first kappa shape index (κ1) is 18.3. The van der Waals surface area contributed by atoms with E-state index in [4.69, 9.17) is 23.2 Å². The number of non-ortho nitro benzene ring substituents is 1. The second kappa shape index (κ2) is 9.30. The van der Waals surface area contributed by atoms with Crippen molar-refractivity contribution in [1.82, 2.24) is 0 Å². The zero-order chi connectivity index (χ0) is 17.4. The molecule has 0 unspecified atom stereocenters. The molecule has 0 radical (unpaired) electrons. The average Bonchev–Trinajstić information content (AvgIpc) is 2.60. The van der Waals surface area contributed by atoms with Crippen molar-refractivity contribution in [3.05, 3.63) is 69.8 Å². The number of hydrogen-bond acceptors (Lipinski definition) is 3. The molecular formula is C18H18Cl2N2O2. The van der Waals surface area contributed by atoms with E-state index in [2.05, 4.69) is 4.90 Å². The maximum atomic E-state index is 10.6. The monoisotopic (exact) mass is 364 g/mol. The Kier molecular flexibility index (Phi) is 7.09. The van der Waals surface area contributed by atoms with E-state index in [1.54, 1.807) is 12.1 Å². The summed E-state index contributed by atoms with van der Waals surface area (Å²) in [5, 5.41) is 10.6. The smallest absolute Gasteiger partial charge is 0.269 e. The third kappa shape index (κ3) is 5.25. The molecule has 0 fully saturated rings. The van der Waals surface area contributed by atoms with E-state index >= 15 is 0 Å². The van der Waals surface area contributed by atoms with E-state index in [1.165, 1.54) is 12.1 Å². The van der Waals surface area contributed by atoms with Crippen LogP contribution in [0.4, 0.5) is 11.4 Å². The molecule has 6 heteroatoms. The summed E-state index contributed by atoms with van der Waals surface area (Å²) in [7, 11) is 0. The molecule has 4 nitrogen and oxygen atoms in total. The molecule has 0 heterocycles. The minimum absolute atomic E-state index is 0.0928. The van der Waals surface area contributed by atoms with E-state index in [0.717, 1.165) is 29.9 Å². The lowest BCUT2D eigenvalue weighted by atomic mass is 10.1. The molecule has 2 rings (SSSR count).